The number of benzene rings is 2. The molecule has 0 atom stereocenters. The van der Waals surface area contributed by atoms with Crippen LogP contribution in [0.25, 0.3) is 0 Å². The Morgan fingerprint density at radius 1 is 1.20 bits per heavy atom. The first-order valence-electron chi connectivity index (χ1n) is 6.02. The number of rotatable bonds is 3. The second kappa shape index (κ2) is 5.41. The average Bonchev–Trinajstić information content (AvgIpc) is 2.46. The first-order chi connectivity index (χ1) is 9.52. The maximum atomic E-state index is 10.8. The zero-order valence-electron chi connectivity index (χ0n) is 11.2. The Kier molecular flexibility index (Phi) is 3.67. The van der Waals surface area contributed by atoms with Gasteiger partial charge >= 0.3 is 0 Å². The number of nitro groups is 1. The minimum Gasteiger partial charge on any atom is -0.345 e. The second-order valence-electron chi connectivity index (χ2n) is 4.45. The normalized spacial score (nSPS) is 9.85. The molecule has 0 N–H and O–H groups in total. The van der Waals surface area contributed by atoms with Crippen LogP contribution in [0.4, 0.5) is 17.1 Å². The van der Waals surface area contributed by atoms with Gasteiger partial charge in [0, 0.05) is 30.1 Å². The van der Waals surface area contributed by atoms with Gasteiger partial charge in [-0.15, -0.1) is 0 Å². The average molecular weight is 267 g/mol. The summed E-state index contributed by atoms with van der Waals surface area (Å²) in [7, 11) is 1.86. The third-order valence-corrected chi connectivity index (χ3v) is 3.13. The van der Waals surface area contributed by atoms with Gasteiger partial charge in [0.25, 0.3) is 5.69 Å². The van der Waals surface area contributed by atoms with Crippen molar-refractivity contribution in [2.24, 2.45) is 0 Å². The number of aryl methyl sites for hydroxylation is 1. The zero-order chi connectivity index (χ0) is 14.7. The molecule has 0 unspecified atom stereocenters. The molecule has 2 aromatic rings. The van der Waals surface area contributed by atoms with Crippen LogP contribution in [0.2, 0.25) is 0 Å². The van der Waals surface area contributed by atoms with Crippen molar-refractivity contribution in [2.75, 3.05) is 11.9 Å². The summed E-state index contributed by atoms with van der Waals surface area (Å²) in [5, 5.41) is 19.7. The van der Waals surface area contributed by atoms with Gasteiger partial charge in [-0.3, -0.25) is 10.1 Å². The van der Waals surface area contributed by atoms with Gasteiger partial charge in [0.2, 0.25) is 0 Å². The molecule has 5 nitrogen and oxygen atoms in total. The molecule has 2 aromatic carbocycles. The van der Waals surface area contributed by atoms with E-state index in [1.807, 2.05) is 24.1 Å². The largest absolute Gasteiger partial charge is 0.345 e. The fourth-order valence-corrected chi connectivity index (χ4v) is 1.99. The highest BCUT2D eigenvalue weighted by Gasteiger charge is 2.12. The fraction of sp³-hybridized carbons (Fsp3) is 0.133. The summed E-state index contributed by atoms with van der Waals surface area (Å²) in [6.07, 6.45) is 0. The molecule has 0 aliphatic rings. The van der Waals surface area contributed by atoms with Crippen LogP contribution in [0.3, 0.4) is 0 Å². The highest BCUT2D eigenvalue weighted by molar-refractivity contribution is 5.66. The maximum Gasteiger partial charge on any atom is 0.272 e. The summed E-state index contributed by atoms with van der Waals surface area (Å²) in [4.78, 5) is 12.3. The molecular weight excluding hydrogens is 254 g/mol. The molecule has 0 radical (unpaired) electrons. The van der Waals surface area contributed by atoms with Crippen molar-refractivity contribution in [3.8, 4) is 6.07 Å². The van der Waals surface area contributed by atoms with Gasteiger partial charge in [0.05, 0.1) is 16.6 Å². The minimum absolute atomic E-state index is 0.105. The van der Waals surface area contributed by atoms with E-state index in [2.05, 4.69) is 6.07 Å². The molecule has 0 heterocycles. The standard InChI is InChI=1S/C15H13N3O2/c1-11-8-14(6-7-15(11)18(19)20)17(2)13-5-3-4-12(9-13)10-16/h3-9H,1-2H3. The molecule has 20 heavy (non-hydrogen) atoms. The SMILES string of the molecule is Cc1cc(N(C)c2cccc(C#N)c2)ccc1[N+](=O)[O-]. The Bertz CT molecular complexity index is 705. The van der Waals surface area contributed by atoms with Crippen LogP contribution in [0.15, 0.2) is 42.5 Å². The molecule has 0 saturated carbocycles. The van der Waals surface area contributed by atoms with Crippen molar-refractivity contribution in [2.45, 2.75) is 6.92 Å². The van der Waals surface area contributed by atoms with Crippen molar-refractivity contribution in [3.05, 3.63) is 63.7 Å². The van der Waals surface area contributed by atoms with E-state index in [1.165, 1.54) is 6.07 Å². The van der Waals surface area contributed by atoms with Crippen LogP contribution in [-0.4, -0.2) is 12.0 Å². The van der Waals surface area contributed by atoms with Gasteiger partial charge in [0.15, 0.2) is 0 Å². The Morgan fingerprint density at radius 3 is 2.50 bits per heavy atom. The maximum absolute atomic E-state index is 10.8. The number of nitro benzene ring substituents is 1. The highest BCUT2D eigenvalue weighted by atomic mass is 16.6. The van der Waals surface area contributed by atoms with Gasteiger partial charge in [-0.1, -0.05) is 6.07 Å². The highest BCUT2D eigenvalue weighted by Crippen LogP contribution is 2.28. The predicted octanol–water partition coefficient (Wildman–Crippen LogP) is 3.54. The van der Waals surface area contributed by atoms with Crippen molar-refractivity contribution in [3.63, 3.8) is 0 Å². The first kappa shape index (κ1) is 13.6. The summed E-state index contributed by atoms with van der Waals surface area (Å²) >= 11 is 0. The monoisotopic (exact) mass is 267 g/mol. The quantitative estimate of drug-likeness (QED) is 0.630. The smallest absolute Gasteiger partial charge is 0.272 e. The van der Waals surface area contributed by atoms with Crippen LogP contribution < -0.4 is 4.90 Å². The topological polar surface area (TPSA) is 70.2 Å². The van der Waals surface area contributed by atoms with Crippen LogP contribution >= 0.6 is 0 Å². The van der Waals surface area contributed by atoms with Crippen molar-refractivity contribution >= 4 is 17.1 Å². The number of anilines is 2. The van der Waals surface area contributed by atoms with E-state index in [4.69, 9.17) is 5.26 Å². The number of hydrogen-bond acceptors (Lipinski definition) is 4. The van der Waals surface area contributed by atoms with Crippen molar-refractivity contribution in [1.29, 1.82) is 5.26 Å². The zero-order valence-corrected chi connectivity index (χ0v) is 11.2. The lowest BCUT2D eigenvalue weighted by atomic mass is 10.1. The Hall–Kier alpha value is -2.87. The molecule has 100 valence electrons. The summed E-state index contributed by atoms with van der Waals surface area (Å²) in [6.45, 7) is 1.71. The third kappa shape index (κ3) is 2.59. The summed E-state index contributed by atoms with van der Waals surface area (Å²) < 4.78 is 0. The molecule has 0 aliphatic carbocycles. The molecule has 0 spiro atoms. The third-order valence-electron chi connectivity index (χ3n) is 3.13. The van der Waals surface area contributed by atoms with E-state index < -0.39 is 4.92 Å². The van der Waals surface area contributed by atoms with E-state index in [0.717, 1.165) is 11.4 Å². The molecule has 0 saturated heterocycles. The molecule has 0 aliphatic heterocycles. The van der Waals surface area contributed by atoms with Gasteiger partial charge in [-0.25, -0.2) is 0 Å². The summed E-state index contributed by atoms with van der Waals surface area (Å²) in [5.74, 6) is 0. The lowest BCUT2D eigenvalue weighted by Gasteiger charge is -2.20. The molecule has 0 fully saturated rings. The lowest BCUT2D eigenvalue weighted by molar-refractivity contribution is -0.385. The predicted molar refractivity (Wildman–Crippen MR) is 77.1 cm³/mol. The van der Waals surface area contributed by atoms with Gasteiger partial charge in [0.1, 0.15) is 0 Å². The van der Waals surface area contributed by atoms with E-state index in [9.17, 15) is 10.1 Å². The molecule has 2 rings (SSSR count). The van der Waals surface area contributed by atoms with Crippen molar-refractivity contribution in [1.82, 2.24) is 0 Å². The van der Waals surface area contributed by atoms with E-state index in [1.54, 1.807) is 31.2 Å². The van der Waals surface area contributed by atoms with Gasteiger partial charge in [-0.2, -0.15) is 5.26 Å². The number of nitriles is 1. The van der Waals surface area contributed by atoms with Crippen LogP contribution in [0, 0.1) is 28.4 Å². The first-order valence-corrected chi connectivity index (χ1v) is 6.02. The fourth-order valence-electron chi connectivity index (χ4n) is 1.99. The van der Waals surface area contributed by atoms with Crippen LogP contribution in [0.1, 0.15) is 11.1 Å². The Labute approximate surface area is 116 Å². The molecule has 5 heteroatoms. The van der Waals surface area contributed by atoms with E-state index in [0.29, 0.717) is 11.1 Å². The van der Waals surface area contributed by atoms with Crippen LogP contribution in [-0.2, 0) is 0 Å². The van der Waals surface area contributed by atoms with Crippen molar-refractivity contribution < 1.29 is 4.92 Å². The number of hydrogen-bond donors (Lipinski definition) is 0. The van der Waals surface area contributed by atoms with E-state index in [-0.39, 0.29) is 5.69 Å². The van der Waals surface area contributed by atoms with Gasteiger partial charge < -0.3 is 4.90 Å². The van der Waals surface area contributed by atoms with E-state index >= 15 is 0 Å². The summed E-state index contributed by atoms with van der Waals surface area (Å²) in [6, 6.07) is 14.3. The molecular formula is C15H13N3O2. The Morgan fingerprint density at radius 2 is 1.90 bits per heavy atom. The molecule has 0 bridgehead atoms. The summed E-state index contributed by atoms with van der Waals surface area (Å²) in [5.41, 5.74) is 2.98. The lowest BCUT2D eigenvalue weighted by Crippen LogP contribution is -2.10. The second-order valence-corrected chi connectivity index (χ2v) is 4.45. The van der Waals surface area contributed by atoms with Gasteiger partial charge in [-0.05, 0) is 37.3 Å². The number of nitrogens with zero attached hydrogens (tertiary/aromatic N) is 3. The molecule has 0 aromatic heterocycles. The van der Waals surface area contributed by atoms with Crippen LogP contribution in [0.5, 0.6) is 0 Å². The Balaban J connectivity index is 2.38. The minimum atomic E-state index is -0.393. The molecule has 0 amide bonds.